The summed E-state index contributed by atoms with van der Waals surface area (Å²) in [5.41, 5.74) is 0.0427. The van der Waals surface area contributed by atoms with Crippen molar-refractivity contribution in [2.75, 3.05) is 13.7 Å². The summed E-state index contributed by atoms with van der Waals surface area (Å²) in [6, 6.07) is 0.185. The number of carbonyl (C=O) groups excluding carboxylic acids is 1. The van der Waals surface area contributed by atoms with Crippen molar-refractivity contribution < 1.29 is 19.7 Å². The standard InChI is InChI=1S/C13H20ClN4O4/c1-22-11(19)6-7-17(9-4-2-3-5-9)12-10(18(20)21)8-15-13(14)16-12/h8-9,12H,2-7H2,1H3,(H,15,16)(H,20,21)/q+1. The van der Waals surface area contributed by atoms with Crippen LogP contribution in [0.3, 0.4) is 0 Å². The minimum Gasteiger partial charge on any atom is -0.469 e. The number of ether oxygens (including phenoxy) is 1. The zero-order valence-corrected chi connectivity index (χ0v) is 13.1. The second-order valence-corrected chi connectivity index (χ2v) is 5.64. The van der Waals surface area contributed by atoms with Crippen molar-refractivity contribution in [1.29, 1.82) is 0 Å². The number of halogens is 1. The summed E-state index contributed by atoms with van der Waals surface area (Å²) in [7, 11) is 1.33. The van der Waals surface area contributed by atoms with Crippen LogP contribution < -0.4 is 5.32 Å². The molecule has 2 N–H and O–H groups in total. The number of carbonyl (C=O) groups is 1. The topological polar surface area (TPSA) is 94.2 Å². The van der Waals surface area contributed by atoms with Crippen molar-refractivity contribution in [1.82, 2.24) is 10.2 Å². The molecule has 0 saturated heterocycles. The van der Waals surface area contributed by atoms with Gasteiger partial charge in [-0.25, -0.2) is 10.2 Å². The van der Waals surface area contributed by atoms with E-state index in [1.807, 2.05) is 4.90 Å². The van der Waals surface area contributed by atoms with Crippen molar-refractivity contribution in [2.24, 2.45) is 4.99 Å². The fourth-order valence-electron chi connectivity index (χ4n) is 2.88. The molecule has 2 aliphatic rings. The summed E-state index contributed by atoms with van der Waals surface area (Å²) >= 11 is 5.90. The number of aliphatic imine (C=N–C) groups is 1. The average molecular weight is 332 g/mol. The van der Waals surface area contributed by atoms with Gasteiger partial charge in [0.15, 0.2) is 5.29 Å². The molecule has 0 aromatic rings. The number of methoxy groups -OCH3 is 1. The Balaban J connectivity index is 2.21. The minimum absolute atomic E-state index is 0.0427. The van der Waals surface area contributed by atoms with E-state index in [2.05, 4.69) is 15.0 Å². The molecule has 0 bridgehead atoms. The van der Waals surface area contributed by atoms with E-state index in [0.717, 1.165) is 25.7 Å². The molecule has 9 heteroatoms. The normalized spacial score (nSPS) is 22.0. The van der Waals surface area contributed by atoms with Crippen molar-refractivity contribution in [3.63, 3.8) is 0 Å². The Kier molecular flexibility index (Phi) is 5.73. The Morgan fingerprint density at radius 3 is 2.86 bits per heavy atom. The van der Waals surface area contributed by atoms with Gasteiger partial charge in [0.05, 0.1) is 24.6 Å². The predicted molar refractivity (Wildman–Crippen MR) is 79.3 cm³/mol. The molecule has 8 nitrogen and oxygen atoms in total. The lowest BCUT2D eigenvalue weighted by Gasteiger charge is -2.32. The van der Waals surface area contributed by atoms with Crippen molar-refractivity contribution >= 4 is 22.9 Å². The number of amidine groups is 1. The molecule has 1 fully saturated rings. The number of esters is 1. The van der Waals surface area contributed by atoms with Crippen LogP contribution in [0.25, 0.3) is 0 Å². The Bertz CT molecular complexity index is 502. The second-order valence-electron chi connectivity index (χ2n) is 5.28. The Morgan fingerprint density at radius 1 is 1.59 bits per heavy atom. The van der Waals surface area contributed by atoms with E-state index in [9.17, 15) is 14.9 Å². The predicted octanol–water partition coefficient (Wildman–Crippen LogP) is 1.33. The van der Waals surface area contributed by atoms with Crippen LogP contribution in [0.5, 0.6) is 0 Å². The summed E-state index contributed by atoms with van der Waals surface area (Å²) in [5, 5.41) is 12.0. The first-order valence-electron chi connectivity index (χ1n) is 7.21. The molecule has 1 unspecified atom stereocenters. The van der Waals surface area contributed by atoms with Crippen molar-refractivity contribution in [3.8, 4) is 0 Å². The van der Waals surface area contributed by atoms with E-state index in [0.29, 0.717) is 6.54 Å². The highest BCUT2D eigenvalue weighted by Gasteiger charge is 2.40. The zero-order valence-electron chi connectivity index (χ0n) is 12.4. The molecule has 0 spiro atoms. The zero-order chi connectivity index (χ0) is 16.1. The van der Waals surface area contributed by atoms with E-state index in [1.165, 1.54) is 13.3 Å². The van der Waals surface area contributed by atoms with Crippen LogP contribution in [-0.4, -0.2) is 52.2 Å². The molecule has 2 rings (SSSR count). The lowest BCUT2D eigenvalue weighted by atomic mass is 10.1. The van der Waals surface area contributed by atoms with Gasteiger partial charge in [-0.1, -0.05) is 12.8 Å². The van der Waals surface area contributed by atoms with E-state index in [-0.39, 0.29) is 34.3 Å². The molecule has 0 aromatic carbocycles. The maximum Gasteiger partial charge on any atom is 0.348 e. The second kappa shape index (κ2) is 7.55. The lowest BCUT2D eigenvalue weighted by molar-refractivity contribution is -0.758. The molecule has 1 heterocycles. The van der Waals surface area contributed by atoms with Gasteiger partial charge in [-0.3, -0.25) is 9.69 Å². The summed E-state index contributed by atoms with van der Waals surface area (Å²) < 4.78 is 4.67. The summed E-state index contributed by atoms with van der Waals surface area (Å²) in [6.07, 6.45) is 4.87. The molecule has 1 aliphatic carbocycles. The molecule has 0 aromatic heterocycles. The third-order valence-corrected chi connectivity index (χ3v) is 4.18. The van der Waals surface area contributed by atoms with Crippen LogP contribution in [0, 0.1) is 4.91 Å². The summed E-state index contributed by atoms with van der Waals surface area (Å²) in [6.45, 7) is 0.376. The largest absolute Gasteiger partial charge is 0.469 e. The third-order valence-electron chi connectivity index (χ3n) is 3.97. The number of rotatable bonds is 6. The SMILES string of the molecule is COC(=O)CCN(C1CCCC1)C1N=C(Cl)NC=C1[N+](=O)O. The van der Waals surface area contributed by atoms with Crippen molar-refractivity contribution in [2.45, 2.75) is 44.3 Å². The number of hydrogen-bond donors (Lipinski definition) is 2. The monoisotopic (exact) mass is 331 g/mol. The summed E-state index contributed by atoms with van der Waals surface area (Å²) in [4.78, 5) is 28.7. The van der Waals surface area contributed by atoms with Gasteiger partial charge in [0.25, 0.3) is 4.92 Å². The molecule has 0 amide bonds. The molecule has 22 heavy (non-hydrogen) atoms. The highest BCUT2D eigenvalue weighted by atomic mass is 35.5. The Hall–Kier alpha value is -1.67. The Labute approximate surface area is 133 Å². The quantitative estimate of drug-likeness (QED) is 0.433. The molecular formula is C13H20ClN4O4+. The lowest BCUT2D eigenvalue weighted by Crippen LogP contribution is -2.47. The van der Waals surface area contributed by atoms with E-state index in [4.69, 9.17) is 11.6 Å². The van der Waals surface area contributed by atoms with Crippen LogP contribution in [0.15, 0.2) is 16.9 Å². The van der Waals surface area contributed by atoms with Gasteiger partial charge in [-0.05, 0) is 24.4 Å². The van der Waals surface area contributed by atoms with Crippen molar-refractivity contribution in [3.05, 3.63) is 16.8 Å². The highest BCUT2D eigenvalue weighted by Crippen LogP contribution is 2.29. The molecule has 1 atom stereocenters. The van der Waals surface area contributed by atoms with Crippen LogP contribution >= 0.6 is 11.6 Å². The number of hydrogen-bond acceptors (Lipinski definition) is 6. The van der Waals surface area contributed by atoms with E-state index in [1.54, 1.807) is 0 Å². The van der Waals surface area contributed by atoms with Gasteiger partial charge in [0, 0.05) is 12.6 Å². The fraction of sp³-hybridized carbons (Fsp3) is 0.692. The van der Waals surface area contributed by atoms with Crippen LogP contribution in [-0.2, 0) is 9.53 Å². The third kappa shape index (κ3) is 3.95. The van der Waals surface area contributed by atoms with Gasteiger partial charge in [0.1, 0.15) is 0 Å². The van der Waals surface area contributed by atoms with Gasteiger partial charge in [-0.2, -0.15) is 0 Å². The van der Waals surface area contributed by atoms with Gasteiger partial charge >= 0.3 is 11.7 Å². The van der Waals surface area contributed by atoms with Gasteiger partial charge in [0.2, 0.25) is 6.17 Å². The molecule has 122 valence electrons. The molecule has 1 saturated carbocycles. The first kappa shape index (κ1) is 16.7. The van der Waals surface area contributed by atoms with Gasteiger partial charge in [-0.15, -0.1) is 0 Å². The van der Waals surface area contributed by atoms with Crippen LogP contribution in [0.2, 0.25) is 0 Å². The number of nitrogens with one attached hydrogen (secondary N) is 1. The first-order valence-corrected chi connectivity index (χ1v) is 7.59. The molecule has 1 aliphatic heterocycles. The highest BCUT2D eigenvalue weighted by molar-refractivity contribution is 6.64. The number of nitrogens with zero attached hydrogens (tertiary/aromatic N) is 3. The maximum atomic E-state index is 11.4. The van der Waals surface area contributed by atoms with Gasteiger partial charge < -0.3 is 10.1 Å². The average Bonchev–Trinajstić information content (AvgIpc) is 3.01. The van der Waals surface area contributed by atoms with Crippen LogP contribution in [0.4, 0.5) is 0 Å². The summed E-state index contributed by atoms with van der Waals surface area (Å²) in [5.74, 6) is -0.333. The molecular weight excluding hydrogens is 312 g/mol. The first-order chi connectivity index (χ1) is 10.5. The minimum atomic E-state index is -0.719. The fourth-order valence-corrected chi connectivity index (χ4v) is 3.03. The smallest absolute Gasteiger partial charge is 0.348 e. The maximum absolute atomic E-state index is 11.4. The molecule has 0 radical (unpaired) electrons. The Morgan fingerprint density at radius 2 is 2.27 bits per heavy atom. The van der Waals surface area contributed by atoms with E-state index < -0.39 is 6.17 Å². The van der Waals surface area contributed by atoms with Crippen LogP contribution in [0.1, 0.15) is 32.1 Å². The van der Waals surface area contributed by atoms with E-state index >= 15 is 0 Å².